The van der Waals surface area contributed by atoms with E-state index in [0.717, 1.165) is 59.4 Å². The lowest BCUT2D eigenvalue weighted by atomic mass is 10.0. The van der Waals surface area contributed by atoms with Crippen LogP contribution in [0.5, 0.6) is 0 Å². The highest BCUT2D eigenvalue weighted by Crippen LogP contribution is 2.32. The fourth-order valence-electron chi connectivity index (χ4n) is 4.23. The molecule has 2 aromatic carbocycles. The maximum Gasteiger partial charge on any atom is 0.242 e. The summed E-state index contributed by atoms with van der Waals surface area (Å²) < 4.78 is 8.09. The number of hydrogen-bond acceptors (Lipinski definition) is 4. The Hall–Kier alpha value is -3.09. The first-order valence-corrected chi connectivity index (χ1v) is 11.3. The number of anilines is 1. The first kappa shape index (κ1) is 20.8. The SMILES string of the molecule is Cc1cc(NC(=O)[C@@H]2CCCCN2)nn1Cc1cc(Cl)cc2cc(-c3ccccc3)oc12. The van der Waals surface area contributed by atoms with Crippen LogP contribution < -0.4 is 10.6 Å². The fraction of sp³-hybridized carbons (Fsp3) is 0.280. The third kappa shape index (κ3) is 4.29. The third-order valence-corrected chi connectivity index (χ3v) is 6.11. The lowest BCUT2D eigenvalue weighted by Gasteiger charge is -2.21. The predicted molar refractivity (Wildman–Crippen MR) is 127 cm³/mol. The predicted octanol–water partition coefficient (Wildman–Crippen LogP) is 5.39. The van der Waals surface area contributed by atoms with Crippen molar-refractivity contribution < 1.29 is 9.21 Å². The van der Waals surface area contributed by atoms with Crippen molar-refractivity contribution in [3.05, 3.63) is 70.9 Å². The molecule has 1 aliphatic rings. The first-order valence-electron chi connectivity index (χ1n) is 10.9. The standard InChI is InChI=1S/C25H25ClN4O2/c1-16-11-23(28-25(31)21-9-5-6-10-27-21)29-30(16)15-19-13-20(26)12-18-14-22(32-24(18)19)17-7-3-2-4-8-17/h2-4,7-8,11-14,21,27H,5-6,9-10,15H2,1H3,(H,28,29,31)/t21-/m0/s1. The van der Waals surface area contributed by atoms with Gasteiger partial charge in [0.25, 0.3) is 0 Å². The molecule has 1 atom stereocenters. The van der Waals surface area contributed by atoms with Crippen molar-refractivity contribution in [2.45, 2.75) is 38.8 Å². The van der Waals surface area contributed by atoms with Crippen molar-refractivity contribution in [1.82, 2.24) is 15.1 Å². The third-order valence-electron chi connectivity index (χ3n) is 5.90. The van der Waals surface area contributed by atoms with Crippen LogP contribution in [0.25, 0.3) is 22.3 Å². The summed E-state index contributed by atoms with van der Waals surface area (Å²) in [7, 11) is 0. The van der Waals surface area contributed by atoms with Crippen molar-refractivity contribution in [1.29, 1.82) is 0 Å². The van der Waals surface area contributed by atoms with Crippen LogP contribution in [0.2, 0.25) is 5.02 Å². The minimum atomic E-state index is -0.152. The minimum Gasteiger partial charge on any atom is -0.456 e. The fourth-order valence-corrected chi connectivity index (χ4v) is 4.48. The van der Waals surface area contributed by atoms with Gasteiger partial charge in [0.05, 0.1) is 12.6 Å². The van der Waals surface area contributed by atoms with Gasteiger partial charge in [-0.25, -0.2) is 0 Å². The molecule has 0 radical (unpaired) electrons. The maximum absolute atomic E-state index is 12.5. The number of fused-ring (bicyclic) bond motifs is 1. The van der Waals surface area contributed by atoms with E-state index in [1.165, 1.54) is 0 Å². The Morgan fingerprint density at radius 2 is 2.06 bits per heavy atom. The summed E-state index contributed by atoms with van der Waals surface area (Å²) in [6, 6.07) is 17.6. The van der Waals surface area contributed by atoms with Crippen LogP contribution in [-0.4, -0.2) is 28.3 Å². The number of carbonyl (C=O) groups excluding carboxylic acids is 1. The summed E-state index contributed by atoms with van der Waals surface area (Å²) in [5.41, 5.74) is 3.69. The van der Waals surface area contributed by atoms with Crippen molar-refractivity contribution in [2.75, 3.05) is 11.9 Å². The molecule has 0 spiro atoms. The quantitative estimate of drug-likeness (QED) is 0.429. The summed E-state index contributed by atoms with van der Waals surface area (Å²) in [5, 5.41) is 12.4. The van der Waals surface area contributed by atoms with Gasteiger partial charge in [0.15, 0.2) is 5.82 Å². The maximum atomic E-state index is 12.5. The van der Waals surface area contributed by atoms with Crippen LogP contribution in [0.3, 0.4) is 0 Å². The van der Waals surface area contributed by atoms with Crippen molar-refractivity contribution in [3.63, 3.8) is 0 Å². The monoisotopic (exact) mass is 448 g/mol. The van der Waals surface area contributed by atoms with Gasteiger partial charge in [-0.2, -0.15) is 5.10 Å². The molecule has 1 aliphatic heterocycles. The van der Waals surface area contributed by atoms with Crippen LogP contribution in [0, 0.1) is 6.92 Å². The zero-order valence-electron chi connectivity index (χ0n) is 17.9. The number of rotatable bonds is 5. The molecule has 4 aromatic rings. The molecule has 1 fully saturated rings. The summed E-state index contributed by atoms with van der Waals surface area (Å²) in [6.07, 6.45) is 3.04. The van der Waals surface area contributed by atoms with Gasteiger partial charge in [-0.3, -0.25) is 9.48 Å². The summed E-state index contributed by atoms with van der Waals surface area (Å²) in [4.78, 5) is 12.5. The molecule has 7 heteroatoms. The molecule has 2 aromatic heterocycles. The number of benzene rings is 2. The molecule has 1 saturated heterocycles. The second-order valence-corrected chi connectivity index (χ2v) is 8.72. The normalized spacial score (nSPS) is 16.4. The number of carbonyl (C=O) groups is 1. The largest absolute Gasteiger partial charge is 0.456 e. The number of furan rings is 1. The smallest absolute Gasteiger partial charge is 0.242 e. The molecule has 5 rings (SSSR count). The number of aromatic nitrogens is 2. The average Bonchev–Trinajstić information content (AvgIpc) is 3.38. The first-order chi connectivity index (χ1) is 15.6. The van der Waals surface area contributed by atoms with Gasteiger partial charge in [-0.15, -0.1) is 0 Å². The number of aryl methyl sites for hydroxylation is 1. The molecule has 32 heavy (non-hydrogen) atoms. The van der Waals surface area contributed by atoms with Gasteiger partial charge < -0.3 is 15.1 Å². The number of nitrogens with one attached hydrogen (secondary N) is 2. The van der Waals surface area contributed by atoms with E-state index in [2.05, 4.69) is 15.7 Å². The van der Waals surface area contributed by atoms with E-state index in [0.29, 0.717) is 17.4 Å². The second kappa shape index (κ2) is 8.81. The molecule has 1 amide bonds. The highest BCUT2D eigenvalue weighted by molar-refractivity contribution is 6.31. The zero-order valence-corrected chi connectivity index (χ0v) is 18.7. The Balaban J connectivity index is 1.40. The van der Waals surface area contributed by atoms with Gasteiger partial charge >= 0.3 is 0 Å². The van der Waals surface area contributed by atoms with Gasteiger partial charge in [0.2, 0.25) is 5.91 Å². The van der Waals surface area contributed by atoms with Gasteiger partial charge in [-0.05, 0) is 44.5 Å². The van der Waals surface area contributed by atoms with E-state index in [9.17, 15) is 4.79 Å². The Morgan fingerprint density at radius 3 is 2.84 bits per heavy atom. The minimum absolute atomic E-state index is 0.0296. The van der Waals surface area contributed by atoms with Crippen LogP contribution in [0.1, 0.15) is 30.5 Å². The highest BCUT2D eigenvalue weighted by Gasteiger charge is 2.21. The molecule has 0 bridgehead atoms. The number of hydrogen-bond donors (Lipinski definition) is 2. The van der Waals surface area contributed by atoms with E-state index in [-0.39, 0.29) is 11.9 Å². The van der Waals surface area contributed by atoms with Gasteiger partial charge in [0, 0.05) is 33.3 Å². The van der Waals surface area contributed by atoms with E-state index in [1.807, 2.05) is 66.2 Å². The Labute approximate surface area is 191 Å². The Bertz CT molecular complexity index is 1260. The van der Waals surface area contributed by atoms with Crippen LogP contribution in [-0.2, 0) is 11.3 Å². The molecule has 0 saturated carbocycles. The summed E-state index contributed by atoms with van der Waals surface area (Å²) >= 11 is 6.41. The number of halogens is 1. The second-order valence-electron chi connectivity index (χ2n) is 8.28. The number of piperidine rings is 1. The molecule has 0 unspecified atom stereocenters. The highest BCUT2D eigenvalue weighted by atomic mass is 35.5. The molecular formula is C25H25ClN4O2. The van der Waals surface area contributed by atoms with Crippen molar-refractivity contribution in [3.8, 4) is 11.3 Å². The van der Waals surface area contributed by atoms with Gasteiger partial charge in [0.1, 0.15) is 11.3 Å². The van der Waals surface area contributed by atoms with Crippen LogP contribution >= 0.6 is 11.6 Å². The van der Waals surface area contributed by atoms with Crippen molar-refractivity contribution >= 4 is 34.3 Å². The van der Waals surface area contributed by atoms with Crippen molar-refractivity contribution in [2.24, 2.45) is 0 Å². The number of nitrogens with zero attached hydrogens (tertiary/aromatic N) is 2. The number of amides is 1. The lowest BCUT2D eigenvalue weighted by molar-refractivity contribution is -0.118. The van der Waals surface area contributed by atoms with E-state index in [1.54, 1.807) is 0 Å². The molecule has 3 heterocycles. The van der Waals surface area contributed by atoms with E-state index >= 15 is 0 Å². The summed E-state index contributed by atoms with van der Waals surface area (Å²) in [5.74, 6) is 1.33. The Kier molecular flexibility index (Phi) is 5.72. The van der Waals surface area contributed by atoms with E-state index in [4.69, 9.17) is 16.0 Å². The zero-order chi connectivity index (χ0) is 22.1. The topological polar surface area (TPSA) is 72.1 Å². The molecule has 0 aliphatic carbocycles. The molecular weight excluding hydrogens is 424 g/mol. The van der Waals surface area contributed by atoms with Crippen LogP contribution in [0.4, 0.5) is 5.82 Å². The summed E-state index contributed by atoms with van der Waals surface area (Å²) in [6.45, 7) is 3.34. The lowest BCUT2D eigenvalue weighted by Crippen LogP contribution is -2.43. The van der Waals surface area contributed by atoms with Gasteiger partial charge in [-0.1, -0.05) is 48.4 Å². The average molecular weight is 449 g/mol. The van der Waals surface area contributed by atoms with E-state index < -0.39 is 0 Å². The van der Waals surface area contributed by atoms with Crippen LogP contribution in [0.15, 0.2) is 59.0 Å². The molecule has 164 valence electrons. The molecule has 2 N–H and O–H groups in total. The Morgan fingerprint density at radius 1 is 1.22 bits per heavy atom. The molecule has 6 nitrogen and oxygen atoms in total.